The first-order valence-corrected chi connectivity index (χ1v) is 11.1. The summed E-state index contributed by atoms with van der Waals surface area (Å²) in [6.45, 7) is 8.41. The largest absolute Gasteiger partial charge is 0.494 e. The van der Waals surface area contributed by atoms with Crippen LogP contribution < -0.4 is 20.1 Å². The van der Waals surface area contributed by atoms with Gasteiger partial charge in [-0.05, 0) is 63.6 Å². The van der Waals surface area contributed by atoms with E-state index >= 15 is 4.39 Å². The quantitative estimate of drug-likeness (QED) is 0.311. The summed E-state index contributed by atoms with van der Waals surface area (Å²) in [5.41, 5.74) is 9.02. The van der Waals surface area contributed by atoms with Crippen molar-refractivity contribution in [2.75, 3.05) is 11.5 Å². The molecule has 33 heavy (non-hydrogen) atoms. The van der Waals surface area contributed by atoms with Crippen molar-refractivity contribution in [3.05, 3.63) is 77.4 Å². The minimum absolute atomic E-state index is 0.0254. The molecule has 6 nitrogen and oxygen atoms in total. The first kappa shape index (κ1) is 24.0. The summed E-state index contributed by atoms with van der Waals surface area (Å²) in [4.78, 5) is 6.54. The lowest BCUT2D eigenvalue weighted by Crippen LogP contribution is -2.20. The van der Waals surface area contributed by atoms with E-state index in [1.54, 1.807) is 24.3 Å². The van der Waals surface area contributed by atoms with Crippen molar-refractivity contribution in [1.29, 1.82) is 5.41 Å². The Bertz CT molecular complexity index is 1100. The molecule has 0 unspecified atom stereocenters. The number of nitrogens with zero attached hydrogens (tertiary/aromatic N) is 2. The molecule has 3 rings (SSSR count). The maximum Gasteiger partial charge on any atom is 0.188 e. The Hall–Kier alpha value is -3.61. The molecule has 0 radical (unpaired) electrons. The van der Waals surface area contributed by atoms with Gasteiger partial charge in [-0.2, -0.15) is 0 Å². The van der Waals surface area contributed by atoms with Crippen molar-refractivity contribution in [2.24, 2.45) is 5.73 Å². The van der Waals surface area contributed by atoms with Crippen molar-refractivity contribution in [3.8, 4) is 11.5 Å². The van der Waals surface area contributed by atoms with Crippen LogP contribution in [0.5, 0.6) is 11.5 Å². The van der Waals surface area contributed by atoms with Crippen LogP contribution in [0.4, 0.5) is 15.8 Å². The van der Waals surface area contributed by atoms with E-state index in [-0.39, 0.29) is 17.7 Å². The summed E-state index contributed by atoms with van der Waals surface area (Å²) in [6, 6.07) is 16.2. The third-order valence-corrected chi connectivity index (χ3v) is 4.99. The van der Waals surface area contributed by atoms with E-state index in [1.165, 1.54) is 0 Å². The molecular weight excluding hydrogens is 419 g/mol. The highest BCUT2D eigenvalue weighted by Gasteiger charge is 2.21. The average Bonchev–Trinajstić information content (AvgIpc) is 2.79. The zero-order valence-corrected chi connectivity index (χ0v) is 19.6. The van der Waals surface area contributed by atoms with Gasteiger partial charge in [0.2, 0.25) is 0 Å². The Labute approximate surface area is 194 Å². The number of aromatic nitrogens is 1. The first-order chi connectivity index (χ1) is 15.8. The summed E-state index contributed by atoms with van der Waals surface area (Å²) in [7, 11) is 0. The van der Waals surface area contributed by atoms with Crippen LogP contribution in [-0.2, 0) is 13.0 Å². The van der Waals surface area contributed by atoms with Gasteiger partial charge in [0.1, 0.15) is 11.6 Å². The number of nitrogens with two attached hydrogens (primary N) is 1. The summed E-state index contributed by atoms with van der Waals surface area (Å²) in [6.07, 6.45) is 0.609. The fourth-order valence-electron chi connectivity index (χ4n) is 3.46. The number of rotatable bonds is 10. The van der Waals surface area contributed by atoms with Crippen LogP contribution in [-0.4, -0.2) is 23.5 Å². The van der Waals surface area contributed by atoms with Gasteiger partial charge in [-0.3, -0.25) is 10.4 Å². The number of aryl methyl sites for hydroxylation is 1. The van der Waals surface area contributed by atoms with Crippen LogP contribution in [0, 0.1) is 11.2 Å². The Morgan fingerprint density at radius 2 is 1.79 bits per heavy atom. The number of pyridine rings is 1. The summed E-state index contributed by atoms with van der Waals surface area (Å²) < 4.78 is 27.2. The number of nitrogen functional groups attached to an aromatic ring is 1. The summed E-state index contributed by atoms with van der Waals surface area (Å²) in [5, 5.41) is 7.66. The summed E-state index contributed by atoms with van der Waals surface area (Å²) in [5.74, 6) is 0.147. The minimum Gasteiger partial charge on any atom is -0.494 e. The monoisotopic (exact) mass is 450 g/mol. The molecule has 0 amide bonds. The molecule has 0 atom stereocenters. The molecule has 3 aromatic rings. The SMILES string of the molecule is CCOc1cc(OC(C)C)c(F)c(N(Cc2cccc(CC)n2)c2ccc(C(=N)N)cc2)c1. The highest BCUT2D eigenvalue weighted by molar-refractivity contribution is 5.95. The third kappa shape index (κ3) is 6.00. The van der Waals surface area contributed by atoms with Crippen molar-refractivity contribution in [1.82, 2.24) is 4.98 Å². The van der Waals surface area contributed by atoms with E-state index in [2.05, 4.69) is 0 Å². The molecule has 0 saturated heterocycles. The molecule has 0 aliphatic rings. The maximum atomic E-state index is 15.7. The van der Waals surface area contributed by atoms with E-state index in [0.29, 0.717) is 30.2 Å². The molecule has 1 aromatic heterocycles. The third-order valence-electron chi connectivity index (χ3n) is 4.99. The van der Waals surface area contributed by atoms with E-state index in [1.807, 2.05) is 62.9 Å². The Balaban J connectivity index is 2.15. The Morgan fingerprint density at radius 3 is 2.39 bits per heavy atom. The number of nitrogens with one attached hydrogen (secondary N) is 1. The molecular formula is C26H31FN4O2. The second-order valence-corrected chi connectivity index (χ2v) is 7.87. The predicted molar refractivity (Wildman–Crippen MR) is 130 cm³/mol. The maximum absolute atomic E-state index is 15.7. The lowest BCUT2D eigenvalue weighted by molar-refractivity contribution is 0.229. The van der Waals surface area contributed by atoms with Gasteiger partial charge in [0.15, 0.2) is 11.6 Å². The number of hydrogen-bond acceptors (Lipinski definition) is 5. The van der Waals surface area contributed by atoms with Crippen LogP contribution in [0.25, 0.3) is 0 Å². The Morgan fingerprint density at radius 1 is 1.09 bits per heavy atom. The van der Waals surface area contributed by atoms with Gasteiger partial charge >= 0.3 is 0 Å². The molecule has 0 bridgehead atoms. The molecule has 0 fully saturated rings. The molecule has 3 N–H and O–H groups in total. The topological polar surface area (TPSA) is 84.5 Å². The minimum atomic E-state index is -0.477. The number of benzene rings is 2. The van der Waals surface area contributed by atoms with Crippen molar-refractivity contribution < 1.29 is 13.9 Å². The van der Waals surface area contributed by atoms with Gasteiger partial charge in [-0.25, -0.2) is 4.39 Å². The van der Waals surface area contributed by atoms with Gasteiger partial charge in [-0.15, -0.1) is 0 Å². The van der Waals surface area contributed by atoms with Crippen LogP contribution >= 0.6 is 0 Å². The fraction of sp³-hybridized carbons (Fsp3) is 0.308. The highest BCUT2D eigenvalue weighted by Crippen LogP contribution is 2.38. The molecule has 0 saturated carbocycles. The second kappa shape index (κ2) is 10.8. The molecule has 7 heteroatoms. The van der Waals surface area contributed by atoms with Crippen molar-refractivity contribution in [2.45, 2.75) is 46.8 Å². The van der Waals surface area contributed by atoms with E-state index in [9.17, 15) is 0 Å². The molecule has 1 heterocycles. The predicted octanol–water partition coefficient (Wildman–Crippen LogP) is 5.59. The fourth-order valence-corrected chi connectivity index (χ4v) is 3.46. The molecule has 2 aromatic carbocycles. The Kier molecular flexibility index (Phi) is 7.87. The smallest absolute Gasteiger partial charge is 0.188 e. The average molecular weight is 451 g/mol. The second-order valence-electron chi connectivity index (χ2n) is 7.87. The van der Waals surface area contributed by atoms with Crippen molar-refractivity contribution >= 4 is 17.2 Å². The first-order valence-electron chi connectivity index (χ1n) is 11.1. The standard InChI is InChI=1S/C26H31FN4O2/c1-5-19-8-7-9-20(30-19)16-31(21-12-10-18(11-13-21)26(28)29)23-14-22(32-6-2)15-24(25(23)27)33-17(3)4/h7-15,17H,5-6,16H2,1-4H3,(H3,28,29). The van der Waals surface area contributed by atoms with Crippen LogP contribution in [0.1, 0.15) is 44.6 Å². The number of anilines is 2. The van der Waals surface area contributed by atoms with E-state index < -0.39 is 5.82 Å². The normalized spacial score (nSPS) is 10.8. The zero-order chi connectivity index (χ0) is 24.0. The van der Waals surface area contributed by atoms with Crippen LogP contribution in [0.2, 0.25) is 0 Å². The lowest BCUT2D eigenvalue weighted by Gasteiger charge is -2.27. The van der Waals surface area contributed by atoms with Gasteiger partial charge in [0, 0.05) is 29.1 Å². The molecule has 174 valence electrons. The van der Waals surface area contributed by atoms with E-state index in [4.69, 9.17) is 25.6 Å². The van der Waals surface area contributed by atoms with E-state index in [0.717, 1.165) is 23.5 Å². The van der Waals surface area contributed by atoms with Crippen LogP contribution in [0.3, 0.4) is 0 Å². The lowest BCUT2D eigenvalue weighted by atomic mass is 10.1. The molecule has 0 spiro atoms. The molecule has 0 aliphatic carbocycles. The number of amidine groups is 1. The number of halogens is 1. The number of hydrogen-bond donors (Lipinski definition) is 2. The van der Waals surface area contributed by atoms with Crippen LogP contribution in [0.15, 0.2) is 54.6 Å². The van der Waals surface area contributed by atoms with Gasteiger partial charge in [-0.1, -0.05) is 13.0 Å². The number of ether oxygens (including phenoxy) is 2. The molecule has 0 aliphatic heterocycles. The van der Waals surface area contributed by atoms with Gasteiger partial charge in [0.05, 0.1) is 30.6 Å². The van der Waals surface area contributed by atoms with Gasteiger partial charge in [0.25, 0.3) is 0 Å². The van der Waals surface area contributed by atoms with Crippen molar-refractivity contribution in [3.63, 3.8) is 0 Å². The van der Waals surface area contributed by atoms with Gasteiger partial charge < -0.3 is 20.1 Å². The zero-order valence-electron chi connectivity index (χ0n) is 19.6. The summed E-state index contributed by atoms with van der Waals surface area (Å²) >= 11 is 0. The highest BCUT2D eigenvalue weighted by atomic mass is 19.1.